The van der Waals surface area contributed by atoms with Crippen molar-refractivity contribution in [3.63, 3.8) is 0 Å². The van der Waals surface area contributed by atoms with Crippen molar-refractivity contribution < 1.29 is 9.53 Å². The summed E-state index contributed by atoms with van der Waals surface area (Å²) in [6.45, 7) is 7.26. The first kappa shape index (κ1) is 20.6. The Morgan fingerprint density at radius 1 is 1.17 bits per heavy atom. The van der Waals surface area contributed by atoms with Crippen molar-refractivity contribution in [3.8, 4) is 0 Å². The normalized spacial score (nSPS) is 14.3. The molecule has 1 N–H and O–H groups in total. The number of hydrogen-bond donors (Lipinski definition) is 1. The van der Waals surface area contributed by atoms with Gasteiger partial charge in [0, 0.05) is 42.3 Å². The second kappa shape index (κ2) is 9.01. The first-order chi connectivity index (χ1) is 14.5. The lowest BCUT2D eigenvalue weighted by molar-refractivity contribution is -0.116. The molecule has 0 atom stereocenters. The molecule has 0 spiro atoms. The van der Waals surface area contributed by atoms with E-state index in [1.54, 1.807) is 4.52 Å². The van der Waals surface area contributed by atoms with Gasteiger partial charge in [0.1, 0.15) is 0 Å². The van der Waals surface area contributed by atoms with Gasteiger partial charge in [-0.2, -0.15) is 4.98 Å². The van der Waals surface area contributed by atoms with Crippen molar-refractivity contribution in [2.24, 2.45) is 0 Å². The van der Waals surface area contributed by atoms with Crippen LogP contribution in [0.25, 0.3) is 5.78 Å². The molecule has 8 nitrogen and oxygen atoms in total. The maximum atomic E-state index is 12.5. The van der Waals surface area contributed by atoms with Gasteiger partial charge in [-0.1, -0.05) is 11.8 Å². The number of carbonyl (C=O) groups excluding carboxylic acids is 1. The number of carbonyl (C=O) groups is 1. The molecule has 1 aliphatic heterocycles. The lowest BCUT2D eigenvalue weighted by Crippen LogP contribution is -2.36. The molecule has 0 bridgehead atoms. The molecule has 4 rings (SSSR count). The van der Waals surface area contributed by atoms with E-state index >= 15 is 0 Å². The van der Waals surface area contributed by atoms with Gasteiger partial charge in [-0.05, 0) is 56.4 Å². The number of aromatic nitrogens is 4. The predicted molar refractivity (Wildman–Crippen MR) is 118 cm³/mol. The van der Waals surface area contributed by atoms with Crippen LogP contribution >= 0.6 is 11.8 Å². The number of benzene rings is 1. The SMILES string of the molecule is CSc1nc2nc(C)c(CCC(=O)Nc3ccc(N4CCOCC4)cc3)c(C)n2n1. The lowest BCUT2D eigenvalue weighted by Gasteiger charge is -2.28. The fraction of sp³-hybridized carbons (Fsp3) is 0.429. The van der Waals surface area contributed by atoms with Gasteiger partial charge >= 0.3 is 0 Å². The molecule has 1 fully saturated rings. The standard InChI is InChI=1S/C21H26N6O2S/c1-14-18(15(2)27-20(22-14)24-21(25-27)30-3)8-9-19(28)23-16-4-6-17(7-5-16)26-10-12-29-13-11-26/h4-7H,8-13H2,1-3H3,(H,23,28). The molecule has 1 aromatic carbocycles. The molecule has 1 saturated heterocycles. The van der Waals surface area contributed by atoms with E-state index in [0.717, 1.165) is 54.6 Å². The summed E-state index contributed by atoms with van der Waals surface area (Å²) >= 11 is 1.49. The summed E-state index contributed by atoms with van der Waals surface area (Å²) in [5.41, 5.74) is 4.87. The molecule has 3 aromatic rings. The van der Waals surface area contributed by atoms with Gasteiger partial charge in [0.2, 0.25) is 11.1 Å². The van der Waals surface area contributed by atoms with Crippen LogP contribution in [0.1, 0.15) is 23.4 Å². The summed E-state index contributed by atoms with van der Waals surface area (Å²) in [5, 5.41) is 8.15. The molecule has 0 radical (unpaired) electrons. The monoisotopic (exact) mass is 426 g/mol. The molecule has 3 heterocycles. The Labute approximate surface area is 180 Å². The van der Waals surface area contributed by atoms with E-state index in [4.69, 9.17) is 4.74 Å². The molecule has 158 valence electrons. The summed E-state index contributed by atoms with van der Waals surface area (Å²) < 4.78 is 7.16. The zero-order valence-electron chi connectivity index (χ0n) is 17.5. The number of hydrogen-bond acceptors (Lipinski definition) is 7. The zero-order valence-corrected chi connectivity index (χ0v) is 18.3. The Kier molecular flexibility index (Phi) is 6.19. The van der Waals surface area contributed by atoms with E-state index in [9.17, 15) is 4.79 Å². The molecular formula is C21H26N6O2S. The van der Waals surface area contributed by atoms with Gasteiger partial charge in [0.15, 0.2) is 0 Å². The quantitative estimate of drug-likeness (QED) is 0.607. The van der Waals surface area contributed by atoms with E-state index in [0.29, 0.717) is 23.8 Å². The number of amides is 1. The van der Waals surface area contributed by atoms with Crippen LogP contribution in [0.15, 0.2) is 29.4 Å². The number of anilines is 2. The van der Waals surface area contributed by atoms with Gasteiger partial charge in [0.25, 0.3) is 5.78 Å². The number of ether oxygens (including phenoxy) is 1. The molecule has 0 unspecified atom stereocenters. The topological polar surface area (TPSA) is 84.7 Å². The minimum Gasteiger partial charge on any atom is -0.378 e. The fourth-order valence-corrected chi connectivity index (χ4v) is 4.01. The fourth-order valence-electron chi connectivity index (χ4n) is 3.68. The Morgan fingerprint density at radius 3 is 2.60 bits per heavy atom. The van der Waals surface area contributed by atoms with Crippen molar-refractivity contribution in [2.45, 2.75) is 31.8 Å². The van der Waals surface area contributed by atoms with Crippen molar-refractivity contribution >= 4 is 34.8 Å². The third-order valence-corrected chi connectivity index (χ3v) is 5.88. The van der Waals surface area contributed by atoms with Crippen LogP contribution in [0.4, 0.5) is 11.4 Å². The Hall–Kier alpha value is -2.65. The molecule has 2 aromatic heterocycles. The van der Waals surface area contributed by atoms with Crippen LogP contribution in [0.2, 0.25) is 0 Å². The second-order valence-electron chi connectivity index (χ2n) is 7.27. The molecule has 9 heteroatoms. The van der Waals surface area contributed by atoms with Crippen molar-refractivity contribution in [3.05, 3.63) is 41.2 Å². The number of rotatable bonds is 6. The van der Waals surface area contributed by atoms with Crippen LogP contribution in [-0.4, -0.2) is 58.0 Å². The number of fused-ring (bicyclic) bond motifs is 1. The maximum absolute atomic E-state index is 12.5. The lowest BCUT2D eigenvalue weighted by atomic mass is 10.1. The van der Waals surface area contributed by atoms with Crippen LogP contribution in [0.3, 0.4) is 0 Å². The molecule has 0 saturated carbocycles. The summed E-state index contributed by atoms with van der Waals surface area (Å²) in [6, 6.07) is 7.99. The van der Waals surface area contributed by atoms with Crippen LogP contribution in [-0.2, 0) is 16.0 Å². The molecule has 1 aliphatic rings. The van der Waals surface area contributed by atoms with Crippen LogP contribution < -0.4 is 10.2 Å². The summed E-state index contributed by atoms with van der Waals surface area (Å²) in [7, 11) is 0. The molecule has 30 heavy (non-hydrogen) atoms. The summed E-state index contributed by atoms with van der Waals surface area (Å²) in [6.07, 6.45) is 2.92. The third kappa shape index (κ3) is 4.41. The van der Waals surface area contributed by atoms with E-state index in [1.807, 2.05) is 44.4 Å². The Morgan fingerprint density at radius 2 is 1.90 bits per heavy atom. The number of nitrogens with zero attached hydrogens (tertiary/aromatic N) is 5. The van der Waals surface area contributed by atoms with Crippen LogP contribution in [0, 0.1) is 13.8 Å². The van der Waals surface area contributed by atoms with Gasteiger partial charge in [-0.3, -0.25) is 4.79 Å². The third-order valence-electron chi connectivity index (χ3n) is 5.34. The molecule has 1 amide bonds. The zero-order chi connectivity index (χ0) is 21.1. The van der Waals surface area contributed by atoms with Gasteiger partial charge in [-0.15, -0.1) is 5.10 Å². The predicted octanol–water partition coefficient (Wildman–Crippen LogP) is 2.87. The number of aryl methyl sites for hydroxylation is 2. The number of nitrogens with one attached hydrogen (secondary N) is 1. The Bertz CT molecular complexity index is 1040. The average Bonchev–Trinajstić information content (AvgIpc) is 3.18. The minimum atomic E-state index is -0.0172. The largest absolute Gasteiger partial charge is 0.378 e. The van der Waals surface area contributed by atoms with E-state index in [1.165, 1.54) is 11.8 Å². The Balaban J connectivity index is 1.39. The van der Waals surface area contributed by atoms with Gasteiger partial charge in [0.05, 0.1) is 13.2 Å². The van der Waals surface area contributed by atoms with Gasteiger partial charge in [-0.25, -0.2) is 9.50 Å². The van der Waals surface area contributed by atoms with Crippen LogP contribution in [0.5, 0.6) is 0 Å². The van der Waals surface area contributed by atoms with E-state index in [2.05, 4.69) is 25.3 Å². The smallest absolute Gasteiger partial charge is 0.253 e. The number of thioether (sulfide) groups is 1. The minimum absolute atomic E-state index is 0.0172. The van der Waals surface area contributed by atoms with Crippen molar-refractivity contribution in [1.82, 2.24) is 19.6 Å². The van der Waals surface area contributed by atoms with Crippen molar-refractivity contribution in [2.75, 3.05) is 42.8 Å². The highest BCUT2D eigenvalue weighted by Crippen LogP contribution is 2.20. The summed E-state index contributed by atoms with van der Waals surface area (Å²) in [5.74, 6) is 0.583. The first-order valence-electron chi connectivity index (χ1n) is 10.0. The van der Waals surface area contributed by atoms with Crippen molar-refractivity contribution in [1.29, 1.82) is 0 Å². The first-order valence-corrected chi connectivity index (χ1v) is 11.3. The number of morpholine rings is 1. The molecular weight excluding hydrogens is 400 g/mol. The average molecular weight is 427 g/mol. The highest BCUT2D eigenvalue weighted by Gasteiger charge is 2.15. The van der Waals surface area contributed by atoms with Gasteiger partial charge < -0.3 is 15.0 Å². The highest BCUT2D eigenvalue weighted by molar-refractivity contribution is 7.98. The second-order valence-corrected chi connectivity index (χ2v) is 8.04. The molecule has 0 aliphatic carbocycles. The van der Waals surface area contributed by atoms with E-state index < -0.39 is 0 Å². The summed E-state index contributed by atoms with van der Waals surface area (Å²) in [4.78, 5) is 23.8. The highest BCUT2D eigenvalue weighted by atomic mass is 32.2. The maximum Gasteiger partial charge on any atom is 0.253 e. The van der Waals surface area contributed by atoms with E-state index in [-0.39, 0.29) is 5.91 Å².